The first kappa shape index (κ1) is 33.9. The van der Waals surface area contributed by atoms with Crippen LogP contribution in [0.4, 0.5) is 29.6 Å². The highest BCUT2D eigenvalue weighted by Crippen LogP contribution is 2.33. The lowest BCUT2D eigenvalue weighted by Gasteiger charge is -2.36. The maximum atomic E-state index is 15.2. The van der Waals surface area contributed by atoms with Gasteiger partial charge in [-0.15, -0.1) is 0 Å². The van der Waals surface area contributed by atoms with E-state index in [1.165, 1.54) is 47.4 Å². The number of carbonyl (C=O) groups is 2. The molecule has 6 rings (SSSR count). The SMILES string of the molecule is C=C(C)OC(=O)N(C)C1CCN(c2nc(-c3cc(C(=O)Nc4ccc(F)cc4)ccc3C)c3ccc(=O)n(-c4c(F)cccc4F)c3n2)CC1. The Hall–Kier alpha value is -5.98. The topological polar surface area (TPSA) is 110 Å². The third-order valence-corrected chi connectivity index (χ3v) is 8.60. The van der Waals surface area contributed by atoms with Gasteiger partial charge in [-0.3, -0.25) is 14.2 Å². The lowest BCUT2D eigenvalue weighted by molar-refractivity contribution is 0.102. The summed E-state index contributed by atoms with van der Waals surface area (Å²) < 4.78 is 50.0. The lowest BCUT2D eigenvalue weighted by Crippen LogP contribution is -2.46. The number of aromatic nitrogens is 3. The zero-order chi connectivity index (χ0) is 35.7. The first-order valence-electron chi connectivity index (χ1n) is 15.8. The number of pyridine rings is 1. The molecule has 13 heteroatoms. The summed E-state index contributed by atoms with van der Waals surface area (Å²) in [6.45, 7) is 7.85. The quantitative estimate of drug-likeness (QED) is 0.184. The fourth-order valence-corrected chi connectivity index (χ4v) is 5.95. The Balaban J connectivity index is 1.47. The van der Waals surface area contributed by atoms with E-state index in [1.807, 2.05) is 11.8 Å². The fraction of sp³-hybridized carbons (Fsp3) is 0.216. The second kappa shape index (κ2) is 13.9. The van der Waals surface area contributed by atoms with Gasteiger partial charge in [-0.05, 0) is 86.8 Å². The minimum Gasteiger partial charge on any atom is -0.416 e. The van der Waals surface area contributed by atoms with Crippen LogP contribution >= 0.6 is 0 Å². The van der Waals surface area contributed by atoms with E-state index < -0.39 is 40.7 Å². The molecule has 1 N–H and O–H groups in total. The van der Waals surface area contributed by atoms with Crippen molar-refractivity contribution in [1.82, 2.24) is 19.4 Å². The van der Waals surface area contributed by atoms with Gasteiger partial charge < -0.3 is 19.9 Å². The summed E-state index contributed by atoms with van der Waals surface area (Å²) in [6.07, 6.45) is 0.537. The number of amides is 2. The van der Waals surface area contributed by atoms with E-state index in [0.717, 1.165) is 22.3 Å². The van der Waals surface area contributed by atoms with Gasteiger partial charge in [0.15, 0.2) is 5.65 Å². The van der Waals surface area contributed by atoms with Crippen molar-refractivity contribution in [3.63, 3.8) is 0 Å². The van der Waals surface area contributed by atoms with E-state index in [4.69, 9.17) is 14.7 Å². The molecule has 0 spiro atoms. The van der Waals surface area contributed by atoms with Crippen molar-refractivity contribution in [1.29, 1.82) is 0 Å². The first-order valence-corrected chi connectivity index (χ1v) is 15.8. The standard InChI is InChI=1S/C37H33F3N6O4/c1-21(2)50-37(49)44(4)26-16-18-45(19-17-26)36-42-32(27-14-15-31(47)46(34(27)43-36)33-29(39)6-5-7-30(33)40)28-20-23(9-8-22(28)3)35(48)41-25-12-10-24(38)11-13-25/h5-15,20,26H,1,16-19H2,2-4H3,(H,41,48). The van der Waals surface area contributed by atoms with Crippen molar-refractivity contribution >= 4 is 34.7 Å². The molecule has 0 aliphatic carbocycles. The summed E-state index contributed by atoms with van der Waals surface area (Å²) in [5, 5.41) is 3.06. The number of piperidine rings is 1. The largest absolute Gasteiger partial charge is 0.416 e. The molecule has 0 atom stereocenters. The average molecular weight is 683 g/mol. The van der Waals surface area contributed by atoms with Crippen LogP contribution < -0.4 is 15.8 Å². The van der Waals surface area contributed by atoms with Gasteiger partial charge in [0.25, 0.3) is 11.5 Å². The molecular formula is C37H33F3N6O4. The van der Waals surface area contributed by atoms with Gasteiger partial charge in [0.1, 0.15) is 23.1 Å². The van der Waals surface area contributed by atoms with E-state index in [2.05, 4.69) is 11.9 Å². The zero-order valence-corrected chi connectivity index (χ0v) is 27.5. The minimum absolute atomic E-state index is 0.0358. The van der Waals surface area contributed by atoms with Crippen molar-refractivity contribution in [2.75, 3.05) is 30.4 Å². The highest BCUT2D eigenvalue weighted by atomic mass is 19.1. The molecule has 1 aliphatic rings. The zero-order valence-electron chi connectivity index (χ0n) is 27.5. The molecule has 2 aromatic heterocycles. The second-order valence-corrected chi connectivity index (χ2v) is 12.1. The van der Waals surface area contributed by atoms with Crippen LogP contribution in [0.25, 0.3) is 28.0 Å². The minimum atomic E-state index is -0.956. The molecule has 3 heterocycles. The number of hydrogen-bond acceptors (Lipinski definition) is 7. The summed E-state index contributed by atoms with van der Waals surface area (Å²) in [4.78, 5) is 52.2. The van der Waals surface area contributed by atoms with Crippen molar-refractivity contribution in [3.8, 4) is 16.9 Å². The molecule has 3 aromatic carbocycles. The highest BCUT2D eigenvalue weighted by Gasteiger charge is 2.29. The van der Waals surface area contributed by atoms with E-state index in [9.17, 15) is 18.8 Å². The Morgan fingerprint density at radius 2 is 1.64 bits per heavy atom. The van der Waals surface area contributed by atoms with E-state index >= 15 is 8.78 Å². The molecule has 1 fully saturated rings. The number of benzene rings is 3. The number of halogens is 3. The number of carbonyl (C=O) groups excluding carboxylic acids is 2. The van der Waals surface area contributed by atoms with Crippen LogP contribution in [0.2, 0.25) is 0 Å². The molecule has 1 aliphatic heterocycles. The predicted octanol–water partition coefficient (Wildman–Crippen LogP) is 7.00. The normalized spacial score (nSPS) is 13.3. The molecule has 0 bridgehead atoms. The van der Waals surface area contributed by atoms with Gasteiger partial charge in [0, 0.05) is 54.4 Å². The number of rotatable bonds is 7. The monoisotopic (exact) mass is 682 g/mol. The third kappa shape index (κ3) is 6.79. The van der Waals surface area contributed by atoms with E-state index in [1.54, 1.807) is 32.2 Å². The first-order chi connectivity index (χ1) is 23.9. The Morgan fingerprint density at radius 1 is 0.960 bits per heavy atom. The van der Waals surface area contributed by atoms with E-state index in [0.29, 0.717) is 48.3 Å². The smallest absolute Gasteiger partial charge is 0.414 e. The van der Waals surface area contributed by atoms with Crippen molar-refractivity contribution in [2.24, 2.45) is 0 Å². The maximum absolute atomic E-state index is 15.2. The molecule has 5 aromatic rings. The van der Waals surface area contributed by atoms with Crippen LogP contribution in [0.5, 0.6) is 0 Å². The number of hydrogen-bond donors (Lipinski definition) is 1. The number of allylic oxidation sites excluding steroid dienone is 1. The molecular weight excluding hydrogens is 649 g/mol. The van der Waals surface area contributed by atoms with Crippen LogP contribution in [0.15, 0.2) is 89.9 Å². The van der Waals surface area contributed by atoms with Gasteiger partial charge in [-0.2, -0.15) is 4.98 Å². The number of ether oxygens (including phenoxy) is 1. The molecule has 0 radical (unpaired) electrons. The predicted molar refractivity (Wildman–Crippen MR) is 184 cm³/mol. The molecule has 1 saturated heterocycles. The van der Waals surface area contributed by atoms with Crippen LogP contribution in [-0.2, 0) is 4.74 Å². The molecule has 0 unspecified atom stereocenters. The summed E-state index contributed by atoms with van der Waals surface area (Å²) in [5.74, 6) is -2.35. The number of fused-ring (bicyclic) bond motifs is 1. The Labute approximate surface area is 285 Å². The van der Waals surface area contributed by atoms with E-state index in [-0.39, 0.29) is 29.0 Å². The van der Waals surface area contributed by atoms with Crippen LogP contribution in [0, 0.1) is 24.4 Å². The van der Waals surface area contributed by atoms with Gasteiger partial charge in [0.2, 0.25) is 5.95 Å². The van der Waals surface area contributed by atoms with Crippen LogP contribution in [-0.4, -0.2) is 57.6 Å². The lowest BCUT2D eigenvalue weighted by atomic mass is 9.99. The molecule has 256 valence electrons. The van der Waals surface area contributed by atoms with Gasteiger partial charge >= 0.3 is 6.09 Å². The molecule has 2 amide bonds. The number of para-hydroxylation sites is 1. The Kier molecular flexibility index (Phi) is 9.40. The van der Waals surface area contributed by atoms with Crippen molar-refractivity contribution in [2.45, 2.75) is 32.7 Å². The summed E-state index contributed by atoms with van der Waals surface area (Å²) in [5.41, 5.74) is 0.896. The number of nitrogens with zero attached hydrogens (tertiary/aromatic N) is 5. The summed E-state index contributed by atoms with van der Waals surface area (Å²) in [6, 6.07) is 16.2. The van der Waals surface area contributed by atoms with Gasteiger partial charge in [-0.1, -0.05) is 18.7 Å². The highest BCUT2D eigenvalue weighted by molar-refractivity contribution is 6.05. The maximum Gasteiger partial charge on any atom is 0.414 e. The number of anilines is 2. The van der Waals surface area contributed by atoms with Gasteiger partial charge in [-0.25, -0.2) is 22.9 Å². The van der Waals surface area contributed by atoms with Crippen molar-refractivity contribution in [3.05, 3.63) is 124 Å². The van der Waals surface area contributed by atoms with Crippen LogP contribution in [0.1, 0.15) is 35.7 Å². The molecule has 0 saturated carbocycles. The van der Waals surface area contributed by atoms with Crippen molar-refractivity contribution < 1.29 is 27.5 Å². The fourth-order valence-electron chi connectivity index (χ4n) is 5.95. The molecule has 10 nitrogen and oxygen atoms in total. The second-order valence-electron chi connectivity index (χ2n) is 12.1. The summed E-state index contributed by atoms with van der Waals surface area (Å²) in [7, 11) is 1.65. The Bertz CT molecular complexity index is 2180. The number of nitrogens with one attached hydrogen (secondary N) is 1. The third-order valence-electron chi connectivity index (χ3n) is 8.60. The molecule has 50 heavy (non-hydrogen) atoms. The summed E-state index contributed by atoms with van der Waals surface area (Å²) >= 11 is 0. The number of aryl methyl sites for hydroxylation is 1. The average Bonchev–Trinajstić information content (AvgIpc) is 3.09. The van der Waals surface area contributed by atoms with Gasteiger partial charge in [0.05, 0.1) is 11.5 Å². The van der Waals surface area contributed by atoms with Crippen LogP contribution in [0.3, 0.4) is 0 Å². The Morgan fingerprint density at radius 3 is 2.30 bits per heavy atom.